The molecule has 2 aliphatic carbocycles. The van der Waals surface area contributed by atoms with Crippen molar-refractivity contribution in [3.63, 3.8) is 0 Å². The highest BCUT2D eigenvalue weighted by molar-refractivity contribution is 7.16. The summed E-state index contributed by atoms with van der Waals surface area (Å²) in [6.45, 7) is 4.62. The lowest BCUT2D eigenvalue weighted by molar-refractivity contribution is -0.146. The third-order valence-corrected chi connectivity index (χ3v) is 7.37. The minimum absolute atomic E-state index is 0.0725. The molecule has 0 bridgehead atoms. The Bertz CT molecular complexity index is 719. The molecule has 2 unspecified atom stereocenters. The molecule has 2 saturated carbocycles. The molecule has 4 rings (SSSR count). The summed E-state index contributed by atoms with van der Waals surface area (Å²) in [5, 5.41) is 3.92. The Kier molecular flexibility index (Phi) is 4.91. The van der Waals surface area contributed by atoms with E-state index in [0.29, 0.717) is 19.4 Å². The van der Waals surface area contributed by atoms with Crippen molar-refractivity contribution in [1.82, 2.24) is 0 Å². The number of thiophene rings is 1. The minimum Gasteiger partial charge on any atom is -0.465 e. The predicted molar refractivity (Wildman–Crippen MR) is 103 cm³/mol. The molecule has 1 N–H and O–H groups in total. The van der Waals surface area contributed by atoms with Crippen LogP contribution in [0.3, 0.4) is 0 Å². The van der Waals surface area contributed by atoms with Gasteiger partial charge in [-0.1, -0.05) is 37.8 Å². The maximum atomic E-state index is 12.4. The van der Waals surface area contributed by atoms with Crippen molar-refractivity contribution in [2.75, 3.05) is 11.9 Å². The fourth-order valence-corrected chi connectivity index (χ4v) is 6.00. The van der Waals surface area contributed by atoms with Crippen LogP contribution >= 0.6 is 11.3 Å². The van der Waals surface area contributed by atoms with Crippen LogP contribution in [0, 0.1) is 17.3 Å². The van der Waals surface area contributed by atoms with Gasteiger partial charge in [0.1, 0.15) is 0 Å². The Labute approximate surface area is 159 Å². The number of cyclic esters (lactones) is 1. The van der Waals surface area contributed by atoms with Gasteiger partial charge in [0.05, 0.1) is 17.0 Å². The fraction of sp³-hybridized carbons (Fsp3) is 0.619. The lowest BCUT2D eigenvalue weighted by Crippen LogP contribution is -2.31. The Morgan fingerprint density at radius 2 is 2.15 bits per heavy atom. The molecule has 1 amide bonds. The smallest absolute Gasteiger partial charge is 0.313 e. The second-order valence-electron chi connectivity index (χ2n) is 8.26. The van der Waals surface area contributed by atoms with E-state index in [0.717, 1.165) is 40.6 Å². The van der Waals surface area contributed by atoms with Crippen molar-refractivity contribution in [3.8, 4) is 0 Å². The molecule has 3 fully saturated rings. The predicted octanol–water partition coefficient (Wildman–Crippen LogP) is 4.71. The van der Waals surface area contributed by atoms with E-state index in [1.54, 1.807) is 11.3 Å². The number of fused-ring (bicyclic) bond motifs is 1. The van der Waals surface area contributed by atoms with Gasteiger partial charge in [-0.05, 0) is 43.7 Å². The van der Waals surface area contributed by atoms with Gasteiger partial charge in [0, 0.05) is 17.2 Å². The van der Waals surface area contributed by atoms with E-state index in [-0.39, 0.29) is 17.8 Å². The van der Waals surface area contributed by atoms with E-state index >= 15 is 0 Å². The first-order valence-corrected chi connectivity index (χ1v) is 10.6. The van der Waals surface area contributed by atoms with Gasteiger partial charge >= 0.3 is 5.97 Å². The van der Waals surface area contributed by atoms with Crippen LogP contribution in [-0.2, 0) is 20.7 Å². The Balaban J connectivity index is 1.35. The molecule has 5 heteroatoms. The van der Waals surface area contributed by atoms with Crippen molar-refractivity contribution in [1.29, 1.82) is 0 Å². The highest BCUT2D eigenvalue weighted by Gasteiger charge is 2.56. The normalized spacial score (nSPS) is 28.4. The molecule has 0 spiro atoms. The SMILES string of the molecule is C=C1CC2COC(=O)C2(Cc2ccc(NC(=O)CCC3CCCC3)s2)C1. The second kappa shape index (κ2) is 7.18. The monoisotopic (exact) mass is 373 g/mol. The first-order valence-electron chi connectivity index (χ1n) is 9.77. The highest BCUT2D eigenvalue weighted by Crippen LogP contribution is 2.53. The lowest BCUT2D eigenvalue weighted by Gasteiger charge is -2.22. The number of hydrogen-bond donors (Lipinski definition) is 1. The van der Waals surface area contributed by atoms with Crippen molar-refractivity contribution in [2.24, 2.45) is 17.3 Å². The molecule has 26 heavy (non-hydrogen) atoms. The quantitative estimate of drug-likeness (QED) is 0.580. The summed E-state index contributed by atoms with van der Waals surface area (Å²) < 4.78 is 5.35. The largest absolute Gasteiger partial charge is 0.465 e. The first kappa shape index (κ1) is 17.8. The van der Waals surface area contributed by atoms with Crippen molar-refractivity contribution in [3.05, 3.63) is 29.2 Å². The first-order chi connectivity index (χ1) is 12.5. The lowest BCUT2D eigenvalue weighted by atomic mass is 9.77. The molecule has 140 valence electrons. The molecular weight excluding hydrogens is 346 g/mol. The number of rotatable bonds is 6. The molecule has 1 aromatic rings. The molecular formula is C21H27NO3S. The number of carbonyl (C=O) groups excluding carboxylic acids is 2. The maximum Gasteiger partial charge on any atom is 0.313 e. The van der Waals surface area contributed by atoms with Crippen molar-refractivity contribution in [2.45, 2.75) is 57.8 Å². The average Bonchev–Trinajstić information content (AvgIpc) is 3.35. The zero-order valence-electron chi connectivity index (χ0n) is 15.2. The zero-order valence-corrected chi connectivity index (χ0v) is 16.0. The van der Waals surface area contributed by atoms with Crippen LogP contribution in [-0.4, -0.2) is 18.5 Å². The van der Waals surface area contributed by atoms with Gasteiger partial charge < -0.3 is 10.1 Å². The van der Waals surface area contributed by atoms with Crippen LogP contribution < -0.4 is 5.32 Å². The maximum absolute atomic E-state index is 12.4. The fourth-order valence-electron chi connectivity index (χ4n) is 4.95. The van der Waals surface area contributed by atoms with Crippen LogP contribution in [0.25, 0.3) is 0 Å². The minimum atomic E-state index is -0.425. The molecule has 0 radical (unpaired) electrons. The number of esters is 1. The van der Waals surface area contributed by atoms with Gasteiger partial charge in [0.15, 0.2) is 0 Å². The summed E-state index contributed by atoms with van der Waals surface area (Å²) in [5.74, 6) is 1.03. The van der Waals surface area contributed by atoms with Crippen LogP contribution in [0.1, 0.15) is 56.2 Å². The second-order valence-corrected chi connectivity index (χ2v) is 9.43. The number of ether oxygens (including phenoxy) is 1. The molecule has 1 aliphatic heterocycles. The van der Waals surface area contributed by atoms with E-state index in [2.05, 4.69) is 11.9 Å². The average molecular weight is 374 g/mol. The highest BCUT2D eigenvalue weighted by atomic mass is 32.1. The number of carbonyl (C=O) groups is 2. The summed E-state index contributed by atoms with van der Waals surface area (Å²) in [6, 6.07) is 4.00. The van der Waals surface area contributed by atoms with E-state index in [1.807, 2.05) is 12.1 Å². The van der Waals surface area contributed by atoms with Gasteiger partial charge in [-0.2, -0.15) is 0 Å². The Hall–Kier alpha value is -1.62. The number of amides is 1. The third-order valence-electron chi connectivity index (χ3n) is 6.37. The number of hydrogen-bond acceptors (Lipinski definition) is 4. The molecule has 2 atom stereocenters. The summed E-state index contributed by atoms with van der Waals surface area (Å²) in [7, 11) is 0. The topological polar surface area (TPSA) is 55.4 Å². The Morgan fingerprint density at radius 3 is 2.96 bits per heavy atom. The van der Waals surface area contributed by atoms with E-state index in [9.17, 15) is 9.59 Å². The number of allylic oxidation sites excluding steroid dienone is 1. The molecule has 1 aromatic heterocycles. The summed E-state index contributed by atoms with van der Waals surface area (Å²) in [4.78, 5) is 25.7. The van der Waals surface area contributed by atoms with Gasteiger partial charge in [-0.15, -0.1) is 11.3 Å². The molecule has 2 heterocycles. The molecule has 1 saturated heterocycles. The van der Waals surface area contributed by atoms with Crippen molar-refractivity contribution >= 4 is 28.2 Å². The van der Waals surface area contributed by atoms with Gasteiger partial charge in [-0.25, -0.2) is 0 Å². The zero-order chi connectivity index (χ0) is 18.1. The van der Waals surface area contributed by atoms with Gasteiger partial charge in [-0.3, -0.25) is 9.59 Å². The van der Waals surface area contributed by atoms with Crippen LogP contribution in [0.5, 0.6) is 0 Å². The number of nitrogens with one attached hydrogen (secondary N) is 1. The summed E-state index contributed by atoms with van der Waals surface area (Å²) in [5.41, 5.74) is 0.731. The van der Waals surface area contributed by atoms with Crippen LogP contribution in [0.15, 0.2) is 24.3 Å². The molecule has 3 aliphatic rings. The van der Waals surface area contributed by atoms with E-state index < -0.39 is 5.41 Å². The van der Waals surface area contributed by atoms with Gasteiger partial charge in [0.2, 0.25) is 5.91 Å². The third kappa shape index (κ3) is 3.46. The van der Waals surface area contributed by atoms with Crippen molar-refractivity contribution < 1.29 is 14.3 Å². The van der Waals surface area contributed by atoms with Gasteiger partial charge in [0.25, 0.3) is 0 Å². The molecule has 0 aromatic carbocycles. The summed E-state index contributed by atoms with van der Waals surface area (Å²) >= 11 is 1.58. The summed E-state index contributed by atoms with van der Waals surface area (Å²) in [6.07, 6.45) is 9.12. The van der Waals surface area contributed by atoms with E-state index in [1.165, 1.54) is 25.7 Å². The number of anilines is 1. The molecule has 4 nitrogen and oxygen atoms in total. The van der Waals surface area contributed by atoms with E-state index in [4.69, 9.17) is 4.74 Å². The standard InChI is InChI=1S/C21H27NO3S/c1-14-10-16-13-25-20(24)21(16,11-14)12-17-7-9-19(26-17)22-18(23)8-6-15-4-2-3-5-15/h7,9,15-16H,1-6,8,10-13H2,(H,22,23). The Morgan fingerprint density at radius 1 is 1.35 bits per heavy atom. The van der Waals surface area contributed by atoms with Crippen LogP contribution in [0.4, 0.5) is 5.00 Å². The van der Waals surface area contributed by atoms with Crippen LogP contribution in [0.2, 0.25) is 0 Å².